The Kier molecular flexibility index (Phi) is 6.53. The van der Waals surface area contributed by atoms with Crippen LogP contribution in [-0.2, 0) is 14.5 Å². The van der Waals surface area contributed by atoms with Gasteiger partial charge in [0.15, 0.2) is 0 Å². The van der Waals surface area contributed by atoms with Gasteiger partial charge in [0.25, 0.3) is 5.91 Å². The van der Waals surface area contributed by atoms with Crippen LogP contribution in [0.3, 0.4) is 0 Å². The molecule has 4 aromatic rings. The maximum Gasteiger partial charge on any atom is 0.286 e. The number of benzene rings is 3. The fourth-order valence-corrected chi connectivity index (χ4v) is 4.58. The summed E-state index contributed by atoms with van der Waals surface area (Å²) in [5, 5.41) is 4.77. The van der Waals surface area contributed by atoms with Crippen molar-refractivity contribution in [2.75, 3.05) is 11.6 Å². The van der Waals surface area contributed by atoms with E-state index in [4.69, 9.17) is 0 Å². The monoisotopic (exact) mass is 467 g/mol. The minimum atomic E-state index is -3.05. The molecule has 0 aliphatic carbocycles. The summed E-state index contributed by atoms with van der Waals surface area (Å²) >= 11 is 0. The van der Waals surface area contributed by atoms with Gasteiger partial charge in [-0.15, -0.1) is 0 Å². The van der Waals surface area contributed by atoms with Crippen LogP contribution in [-0.4, -0.2) is 27.3 Å². The first-order chi connectivity index (χ1) is 16.3. The summed E-state index contributed by atoms with van der Waals surface area (Å²) < 4.78 is 17.1. The maximum atomic E-state index is 13.2. The quantitative estimate of drug-likeness (QED) is 0.435. The van der Waals surface area contributed by atoms with E-state index in [2.05, 4.69) is 26.5 Å². The molecule has 1 aromatic heterocycles. The highest BCUT2D eigenvalue weighted by molar-refractivity contribution is 7.93. The zero-order valence-electron chi connectivity index (χ0n) is 18.6. The third-order valence-corrected chi connectivity index (χ3v) is 6.61. The molecule has 0 aliphatic heterocycles. The van der Waals surface area contributed by atoms with Gasteiger partial charge in [-0.05, 0) is 41.1 Å². The normalized spacial score (nSPS) is 12.2. The molecule has 0 radical (unpaired) electrons. The minimum absolute atomic E-state index is 0.192. The number of nitrogens with one attached hydrogen (secondary N) is 1. The van der Waals surface area contributed by atoms with Crippen molar-refractivity contribution >= 4 is 38.0 Å². The van der Waals surface area contributed by atoms with Crippen molar-refractivity contribution in [1.82, 2.24) is 4.98 Å². The van der Waals surface area contributed by atoms with Crippen LogP contribution in [0.25, 0.3) is 10.8 Å². The number of fused-ring (bicyclic) bond motifs is 1. The van der Waals surface area contributed by atoms with Gasteiger partial charge in [0.05, 0.1) is 15.3 Å². The van der Waals surface area contributed by atoms with E-state index < -0.39 is 15.6 Å². The zero-order valence-corrected chi connectivity index (χ0v) is 19.4. The first kappa shape index (κ1) is 22.9. The van der Waals surface area contributed by atoms with Crippen LogP contribution in [0.1, 0.15) is 28.4 Å². The lowest BCUT2D eigenvalue weighted by Gasteiger charge is -2.07. The highest BCUT2D eigenvalue weighted by atomic mass is 32.2. The van der Waals surface area contributed by atoms with Gasteiger partial charge in [-0.1, -0.05) is 54.3 Å². The lowest BCUT2D eigenvalue weighted by molar-refractivity contribution is -0.114. The highest BCUT2D eigenvalue weighted by Gasteiger charge is 2.13. The van der Waals surface area contributed by atoms with E-state index in [1.54, 1.807) is 36.5 Å². The summed E-state index contributed by atoms with van der Waals surface area (Å²) in [5.74, 6) is 5.29. The molecule has 6 nitrogen and oxygen atoms in total. The van der Waals surface area contributed by atoms with E-state index in [1.807, 2.05) is 42.5 Å². The molecule has 1 atom stereocenters. The average Bonchev–Trinajstić information content (AvgIpc) is 2.82. The molecular weight excluding hydrogens is 446 g/mol. The van der Waals surface area contributed by atoms with Crippen LogP contribution in [0.4, 0.5) is 5.69 Å². The van der Waals surface area contributed by atoms with Gasteiger partial charge in [0.1, 0.15) is 0 Å². The Balaban J connectivity index is 1.63. The van der Waals surface area contributed by atoms with Crippen molar-refractivity contribution < 1.29 is 13.8 Å². The van der Waals surface area contributed by atoms with Gasteiger partial charge >= 0.3 is 0 Å². The van der Waals surface area contributed by atoms with Crippen LogP contribution in [0.2, 0.25) is 0 Å². The predicted molar refractivity (Wildman–Crippen MR) is 134 cm³/mol. The Morgan fingerprint density at radius 2 is 1.71 bits per heavy atom. The second-order valence-electron chi connectivity index (χ2n) is 7.65. The number of aromatic nitrogens is 1. The van der Waals surface area contributed by atoms with Crippen molar-refractivity contribution in [1.29, 1.82) is 0 Å². The molecule has 4 rings (SSSR count). The number of carbonyl (C=O) groups is 2. The van der Waals surface area contributed by atoms with Crippen molar-refractivity contribution in [2.45, 2.75) is 11.8 Å². The van der Waals surface area contributed by atoms with E-state index in [0.29, 0.717) is 16.1 Å². The Morgan fingerprint density at radius 1 is 0.941 bits per heavy atom. The summed E-state index contributed by atoms with van der Waals surface area (Å²) in [5.41, 5.74) is 2.09. The molecule has 0 saturated carbocycles. The predicted octanol–water partition coefficient (Wildman–Crippen LogP) is 4.89. The average molecular weight is 468 g/mol. The van der Waals surface area contributed by atoms with Crippen molar-refractivity contribution in [2.24, 2.45) is 4.36 Å². The first-order valence-corrected chi connectivity index (χ1v) is 12.3. The molecule has 7 heteroatoms. The third kappa shape index (κ3) is 5.37. The highest BCUT2D eigenvalue weighted by Crippen LogP contribution is 2.19. The molecular formula is C27H21N3O3S. The number of carbonyl (C=O) groups excluding carboxylic acids is 2. The third-order valence-electron chi connectivity index (χ3n) is 4.97. The molecule has 3 aromatic carbocycles. The van der Waals surface area contributed by atoms with Gasteiger partial charge in [-0.3, -0.25) is 14.6 Å². The Bertz CT molecular complexity index is 1600. The lowest BCUT2D eigenvalue weighted by atomic mass is 10.0. The number of hydrogen-bond acceptors (Lipinski definition) is 4. The zero-order chi connectivity index (χ0) is 24.1. The number of hydrogen-bond donors (Lipinski definition) is 1. The fraction of sp³-hybridized carbons (Fsp3) is 0.0741. The summed E-state index contributed by atoms with van der Waals surface area (Å²) in [6.45, 7) is 1.38. The second-order valence-corrected chi connectivity index (χ2v) is 9.91. The Morgan fingerprint density at radius 3 is 2.53 bits per heavy atom. The largest absolute Gasteiger partial charge is 0.326 e. The van der Waals surface area contributed by atoms with E-state index in [1.165, 1.54) is 19.4 Å². The van der Waals surface area contributed by atoms with Gasteiger partial charge in [0, 0.05) is 47.3 Å². The minimum Gasteiger partial charge on any atom is -0.326 e. The number of rotatable bonds is 3. The van der Waals surface area contributed by atoms with Gasteiger partial charge in [-0.2, -0.15) is 4.36 Å². The van der Waals surface area contributed by atoms with Crippen LogP contribution in [0.15, 0.2) is 94.4 Å². The van der Waals surface area contributed by atoms with Crippen LogP contribution in [0.5, 0.6) is 0 Å². The van der Waals surface area contributed by atoms with E-state index in [9.17, 15) is 13.8 Å². The molecule has 1 N–H and O–H groups in total. The molecule has 0 fully saturated rings. The summed E-state index contributed by atoms with van der Waals surface area (Å²) in [6, 6.07) is 21.9. The van der Waals surface area contributed by atoms with Crippen molar-refractivity contribution in [3.63, 3.8) is 0 Å². The maximum absolute atomic E-state index is 13.2. The molecule has 1 heterocycles. The van der Waals surface area contributed by atoms with Crippen LogP contribution >= 0.6 is 0 Å². The molecule has 168 valence electrons. The smallest absolute Gasteiger partial charge is 0.286 e. The SMILES string of the molecule is CC(=O)Nc1cccc(S(C)(=O)=NC(=O)c2cncc(C#Cc3cccc4ccccc34)c2)c1. The number of pyridine rings is 1. The first-order valence-electron chi connectivity index (χ1n) is 10.4. The molecule has 34 heavy (non-hydrogen) atoms. The van der Waals surface area contributed by atoms with E-state index in [-0.39, 0.29) is 11.5 Å². The van der Waals surface area contributed by atoms with E-state index >= 15 is 0 Å². The summed E-state index contributed by atoms with van der Waals surface area (Å²) in [6.07, 6.45) is 4.32. The molecule has 0 aliphatic rings. The summed E-state index contributed by atoms with van der Waals surface area (Å²) in [4.78, 5) is 28.5. The van der Waals surface area contributed by atoms with Gasteiger partial charge < -0.3 is 5.32 Å². The van der Waals surface area contributed by atoms with Gasteiger partial charge in [0.2, 0.25) is 5.91 Å². The lowest BCUT2D eigenvalue weighted by Crippen LogP contribution is -2.08. The summed E-state index contributed by atoms with van der Waals surface area (Å²) in [7, 11) is -3.05. The second kappa shape index (κ2) is 9.69. The molecule has 0 saturated heterocycles. The number of amides is 2. The molecule has 0 bridgehead atoms. The standard InChI is InChI=1S/C27H21N3O3S/c1-19(31)29-24-10-6-11-25(16-24)34(2,33)30-27(32)23-15-20(17-28-18-23)13-14-22-9-5-8-21-7-3-4-12-26(21)22/h3-12,15-18H,1-2H3,(H,29,31). The van der Waals surface area contributed by atoms with Crippen LogP contribution in [0, 0.1) is 11.8 Å². The molecule has 2 amide bonds. The van der Waals surface area contributed by atoms with Crippen molar-refractivity contribution in [3.05, 3.63) is 102 Å². The molecule has 1 unspecified atom stereocenters. The topological polar surface area (TPSA) is 88.5 Å². The Labute approximate surface area is 198 Å². The number of anilines is 1. The van der Waals surface area contributed by atoms with Crippen molar-refractivity contribution in [3.8, 4) is 11.8 Å². The number of nitrogens with zero attached hydrogens (tertiary/aromatic N) is 2. The fourth-order valence-electron chi connectivity index (χ4n) is 3.38. The van der Waals surface area contributed by atoms with Crippen LogP contribution < -0.4 is 5.32 Å². The Hall–Kier alpha value is -4.28. The molecule has 0 spiro atoms. The van der Waals surface area contributed by atoms with Gasteiger partial charge in [-0.25, -0.2) is 4.21 Å². The van der Waals surface area contributed by atoms with E-state index in [0.717, 1.165) is 16.3 Å².